The van der Waals surface area contributed by atoms with Crippen molar-refractivity contribution in [3.63, 3.8) is 0 Å². The van der Waals surface area contributed by atoms with E-state index < -0.39 is 0 Å². The molecule has 2 unspecified atom stereocenters. The second-order valence-corrected chi connectivity index (χ2v) is 7.72. The Kier molecular flexibility index (Phi) is 7.29. The van der Waals surface area contributed by atoms with Crippen LogP contribution in [0, 0.1) is 5.92 Å². The molecule has 3 saturated heterocycles. The number of hydrogen-bond donors (Lipinski definition) is 1. The second kappa shape index (κ2) is 9.04. The number of likely N-dealkylation sites (tertiary alicyclic amines) is 2. The number of rotatable bonds is 4. The summed E-state index contributed by atoms with van der Waals surface area (Å²) in [7, 11) is 0. The van der Waals surface area contributed by atoms with Gasteiger partial charge in [0, 0.05) is 45.2 Å². The molecule has 3 aliphatic rings. The van der Waals surface area contributed by atoms with Gasteiger partial charge in [-0.1, -0.05) is 13.8 Å². The lowest BCUT2D eigenvalue weighted by atomic mass is 9.97. The molecule has 0 radical (unpaired) electrons. The Morgan fingerprint density at radius 3 is 2.50 bits per heavy atom. The minimum Gasteiger partial charge on any atom is -0.339 e. The maximum Gasteiger partial charge on any atom is 0.245 e. The average molecular weight is 387 g/mol. The molecule has 26 heavy (non-hydrogen) atoms. The lowest BCUT2D eigenvalue weighted by molar-refractivity contribution is -0.148. The highest BCUT2D eigenvalue weighted by molar-refractivity contribution is 5.89. The topological polar surface area (TPSA) is 73.0 Å². The number of amides is 3. The van der Waals surface area contributed by atoms with Crippen molar-refractivity contribution in [2.45, 2.75) is 51.6 Å². The first kappa shape index (κ1) is 21.0. The van der Waals surface area contributed by atoms with Gasteiger partial charge in [0.1, 0.15) is 6.04 Å². The molecular weight excluding hydrogens is 356 g/mol. The van der Waals surface area contributed by atoms with Crippen molar-refractivity contribution >= 4 is 30.1 Å². The quantitative estimate of drug-likeness (QED) is 0.762. The summed E-state index contributed by atoms with van der Waals surface area (Å²) in [6.45, 7) is 7.93. The van der Waals surface area contributed by atoms with Gasteiger partial charge in [-0.05, 0) is 25.2 Å². The molecule has 8 heteroatoms. The summed E-state index contributed by atoms with van der Waals surface area (Å²) < 4.78 is 0. The Bertz CT molecular complexity index is 543. The molecule has 3 heterocycles. The molecule has 2 atom stereocenters. The van der Waals surface area contributed by atoms with Gasteiger partial charge in [0.15, 0.2) is 0 Å². The summed E-state index contributed by atoms with van der Waals surface area (Å²) in [6.07, 6.45) is 3.25. The number of piperazine rings is 1. The van der Waals surface area contributed by atoms with Gasteiger partial charge in [-0.2, -0.15) is 0 Å². The Morgan fingerprint density at radius 2 is 1.88 bits per heavy atom. The minimum absolute atomic E-state index is 0. The van der Waals surface area contributed by atoms with Crippen molar-refractivity contribution in [1.82, 2.24) is 20.0 Å². The third-order valence-electron chi connectivity index (χ3n) is 5.61. The molecule has 0 saturated carbocycles. The SMILES string of the molecule is CC(C)C(C(=O)N1CCCC(N2CCNCC2=O)C1)N1CCCC1=O.Cl. The highest BCUT2D eigenvalue weighted by Crippen LogP contribution is 2.24. The summed E-state index contributed by atoms with van der Waals surface area (Å²) in [4.78, 5) is 43.1. The van der Waals surface area contributed by atoms with Crippen LogP contribution < -0.4 is 5.32 Å². The maximum absolute atomic E-state index is 13.2. The summed E-state index contributed by atoms with van der Waals surface area (Å²) >= 11 is 0. The summed E-state index contributed by atoms with van der Waals surface area (Å²) in [5.41, 5.74) is 0. The van der Waals surface area contributed by atoms with Crippen molar-refractivity contribution in [2.75, 3.05) is 39.3 Å². The van der Waals surface area contributed by atoms with E-state index in [2.05, 4.69) is 5.32 Å². The number of nitrogens with zero attached hydrogens (tertiary/aromatic N) is 3. The number of nitrogens with one attached hydrogen (secondary N) is 1. The van der Waals surface area contributed by atoms with Gasteiger partial charge in [0.05, 0.1) is 6.54 Å². The minimum atomic E-state index is -0.368. The van der Waals surface area contributed by atoms with Gasteiger partial charge in [-0.15, -0.1) is 12.4 Å². The summed E-state index contributed by atoms with van der Waals surface area (Å²) in [5, 5.41) is 3.10. The molecular formula is C18H31ClN4O3. The standard InChI is InChI=1S/C18H30N4O3.ClH/c1-13(2)17(22-9-4-6-15(22)23)18(25)20-8-3-5-14(12-20)21-10-7-19-11-16(21)24;/h13-14,17,19H,3-12H2,1-2H3;1H. The molecule has 3 rings (SSSR count). The lowest BCUT2D eigenvalue weighted by Gasteiger charge is -2.43. The van der Waals surface area contributed by atoms with Gasteiger partial charge >= 0.3 is 0 Å². The Labute approximate surface area is 161 Å². The molecule has 0 aromatic carbocycles. The molecule has 0 spiro atoms. The monoisotopic (exact) mass is 386 g/mol. The van der Waals surface area contributed by atoms with Gasteiger partial charge in [-0.25, -0.2) is 0 Å². The van der Waals surface area contributed by atoms with Crippen LogP contribution in [0.4, 0.5) is 0 Å². The van der Waals surface area contributed by atoms with Gasteiger partial charge in [0.25, 0.3) is 0 Å². The molecule has 1 N–H and O–H groups in total. The largest absolute Gasteiger partial charge is 0.339 e. The number of halogens is 1. The van der Waals surface area contributed by atoms with Crippen LogP contribution in [0.5, 0.6) is 0 Å². The van der Waals surface area contributed by atoms with E-state index >= 15 is 0 Å². The van der Waals surface area contributed by atoms with Crippen molar-refractivity contribution < 1.29 is 14.4 Å². The fourth-order valence-electron chi connectivity index (χ4n) is 4.35. The molecule has 7 nitrogen and oxygen atoms in total. The summed E-state index contributed by atoms with van der Waals surface area (Å²) in [5.74, 6) is 0.367. The van der Waals surface area contributed by atoms with Gasteiger partial charge in [0.2, 0.25) is 17.7 Å². The molecule has 0 aromatic rings. The zero-order valence-corrected chi connectivity index (χ0v) is 16.6. The summed E-state index contributed by atoms with van der Waals surface area (Å²) in [6, 6.07) is -0.262. The van der Waals surface area contributed by atoms with E-state index in [1.807, 2.05) is 23.6 Å². The lowest BCUT2D eigenvalue weighted by Crippen LogP contribution is -2.60. The third kappa shape index (κ3) is 4.31. The van der Waals surface area contributed by atoms with Crippen molar-refractivity contribution in [3.05, 3.63) is 0 Å². The normalized spacial score (nSPS) is 25.5. The first-order valence-corrected chi connectivity index (χ1v) is 9.57. The van der Waals surface area contributed by atoms with Crippen molar-refractivity contribution in [3.8, 4) is 0 Å². The molecule has 0 aromatic heterocycles. The van der Waals surface area contributed by atoms with Gasteiger partial charge < -0.3 is 20.0 Å². The number of piperidine rings is 1. The van der Waals surface area contributed by atoms with Crippen molar-refractivity contribution in [1.29, 1.82) is 0 Å². The zero-order chi connectivity index (χ0) is 18.0. The highest BCUT2D eigenvalue weighted by atomic mass is 35.5. The fraction of sp³-hybridized carbons (Fsp3) is 0.833. The number of hydrogen-bond acceptors (Lipinski definition) is 4. The smallest absolute Gasteiger partial charge is 0.245 e. The molecule has 3 fully saturated rings. The average Bonchev–Trinajstić information content (AvgIpc) is 3.01. The fourth-order valence-corrected chi connectivity index (χ4v) is 4.35. The second-order valence-electron chi connectivity index (χ2n) is 7.72. The van der Waals surface area contributed by atoms with Crippen LogP contribution >= 0.6 is 12.4 Å². The van der Waals surface area contributed by atoms with Crippen molar-refractivity contribution in [2.24, 2.45) is 5.92 Å². The van der Waals surface area contributed by atoms with E-state index in [0.717, 1.165) is 32.4 Å². The highest BCUT2D eigenvalue weighted by Gasteiger charge is 2.39. The van der Waals surface area contributed by atoms with E-state index in [1.54, 1.807) is 4.90 Å². The van der Waals surface area contributed by atoms with Crippen LogP contribution in [-0.4, -0.2) is 83.8 Å². The predicted octanol–water partition coefficient (Wildman–Crippen LogP) is 0.478. The van der Waals surface area contributed by atoms with E-state index in [0.29, 0.717) is 32.6 Å². The Balaban J connectivity index is 0.00000243. The maximum atomic E-state index is 13.2. The number of carbonyl (C=O) groups is 3. The van der Waals surface area contributed by atoms with E-state index in [9.17, 15) is 14.4 Å². The van der Waals surface area contributed by atoms with Crippen LogP contribution in [0.25, 0.3) is 0 Å². The molecule has 3 aliphatic heterocycles. The Morgan fingerprint density at radius 1 is 1.12 bits per heavy atom. The molecule has 148 valence electrons. The Hall–Kier alpha value is -1.34. The zero-order valence-electron chi connectivity index (χ0n) is 15.8. The first-order valence-electron chi connectivity index (χ1n) is 9.57. The van der Waals surface area contributed by atoms with Crippen LogP contribution in [-0.2, 0) is 14.4 Å². The van der Waals surface area contributed by atoms with Crippen LogP contribution in [0.1, 0.15) is 39.5 Å². The molecule has 0 aliphatic carbocycles. The number of carbonyl (C=O) groups excluding carboxylic acids is 3. The van der Waals surface area contributed by atoms with Crippen LogP contribution in [0.2, 0.25) is 0 Å². The predicted molar refractivity (Wildman–Crippen MR) is 101 cm³/mol. The van der Waals surface area contributed by atoms with E-state index in [4.69, 9.17) is 0 Å². The van der Waals surface area contributed by atoms with E-state index in [-0.39, 0.29) is 48.1 Å². The first-order chi connectivity index (χ1) is 12.0. The van der Waals surface area contributed by atoms with E-state index in [1.165, 1.54) is 0 Å². The third-order valence-corrected chi connectivity index (χ3v) is 5.61. The van der Waals surface area contributed by atoms with Gasteiger partial charge in [-0.3, -0.25) is 14.4 Å². The van der Waals surface area contributed by atoms with Crippen LogP contribution in [0.15, 0.2) is 0 Å². The molecule has 0 bridgehead atoms. The molecule has 3 amide bonds. The van der Waals surface area contributed by atoms with Crippen LogP contribution in [0.3, 0.4) is 0 Å².